The minimum Gasteiger partial charge on any atom is -0.379 e. The number of fused-ring (bicyclic) bond motifs is 3. The molecule has 0 atom stereocenters. The molecule has 0 aliphatic carbocycles. The van der Waals surface area contributed by atoms with Crippen LogP contribution in [0.5, 0.6) is 0 Å². The van der Waals surface area contributed by atoms with E-state index in [4.69, 9.17) is 16.6 Å². The third-order valence-corrected chi connectivity index (χ3v) is 5.14. The van der Waals surface area contributed by atoms with Gasteiger partial charge < -0.3 is 5.32 Å². The highest BCUT2D eigenvalue weighted by molar-refractivity contribution is 6.33. The van der Waals surface area contributed by atoms with Crippen LogP contribution < -0.4 is 5.32 Å². The van der Waals surface area contributed by atoms with Crippen molar-refractivity contribution >= 4 is 34.0 Å². The molecule has 142 valence electrons. The highest BCUT2D eigenvalue weighted by atomic mass is 35.5. The smallest absolute Gasteiger partial charge is 0.183 e. The Morgan fingerprint density at radius 3 is 2.69 bits per heavy atom. The van der Waals surface area contributed by atoms with Gasteiger partial charge in [0.1, 0.15) is 0 Å². The van der Waals surface area contributed by atoms with Gasteiger partial charge in [-0.2, -0.15) is 0 Å². The number of aryl methyl sites for hydroxylation is 1. The first-order valence-corrected chi connectivity index (χ1v) is 9.63. The molecule has 0 bridgehead atoms. The minimum absolute atomic E-state index is 0.633. The van der Waals surface area contributed by atoms with Crippen molar-refractivity contribution in [2.24, 2.45) is 0 Å². The lowest BCUT2D eigenvalue weighted by atomic mass is 10.2. The number of hydrogen-bond donors (Lipinski definition) is 1. The Balaban J connectivity index is 1.66. The summed E-state index contributed by atoms with van der Waals surface area (Å²) in [6, 6.07) is 19.6. The number of rotatable bonds is 4. The van der Waals surface area contributed by atoms with Crippen LogP contribution in [0, 0.1) is 6.92 Å². The summed E-state index contributed by atoms with van der Waals surface area (Å²) < 4.78 is 2.02. The summed E-state index contributed by atoms with van der Waals surface area (Å²) in [5, 5.41) is 12.8. The SMILES string of the molecule is Cc1nc2ccc(NCc3ccccn3)cc2n2c(-c3ccccc3Cl)nnc12. The standard InChI is InChI=1S/C22H17ClN6/c1-14-21-27-28-22(17-7-2-3-8-18(17)23)29(21)20-12-15(9-10-19(20)26-14)25-13-16-6-4-5-11-24-16/h2-12,25H,13H2,1H3. The second-order valence-corrected chi connectivity index (χ2v) is 7.15. The van der Waals surface area contributed by atoms with Crippen molar-refractivity contribution in [1.82, 2.24) is 24.6 Å². The molecule has 0 amide bonds. The van der Waals surface area contributed by atoms with Gasteiger partial charge in [0.15, 0.2) is 11.5 Å². The highest BCUT2D eigenvalue weighted by Gasteiger charge is 2.16. The van der Waals surface area contributed by atoms with E-state index in [1.807, 2.05) is 65.9 Å². The van der Waals surface area contributed by atoms with E-state index in [1.165, 1.54) is 0 Å². The zero-order valence-electron chi connectivity index (χ0n) is 15.7. The summed E-state index contributed by atoms with van der Waals surface area (Å²) in [6.07, 6.45) is 1.79. The third kappa shape index (κ3) is 3.17. The number of hydrogen-bond acceptors (Lipinski definition) is 5. The number of benzene rings is 2. The van der Waals surface area contributed by atoms with Gasteiger partial charge >= 0.3 is 0 Å². The van der Waals surface area contributed by atoms with Crippen molar-refractivity contribution in [3.63, 3.8) is 0 Å². The normalized spacial score (nSPS) is 11.2. The third-order valence-electron chi connectivity index (χ3n) is 4.81. The monoisotopic (exact) mass is 400 g/mol. The predicted molar refractivity (Wildman–Crippen MR) is 115 cm³/mol. The Morgan fingerprint density at radius 2 is 1.86 bits per heavy atom. The number of halogens is 1. The number of aromatic nitrogens is 5. The molecule has 7 heteroatoms. The predicted octanol–water partition coefficient (Wildman–Crippen LogP) is 4.91. The zero-order valence-corrected chi connectivity index (χ0v) is 16.4. The molecule has 0 saturated carbocycles. The molecule has 29 heavy (non-hydrogen) atoms. The van der Waals surface area contributed by atoms with Gasteiger partial charge in [-0.15, -0.1) is 10.2 Å². The average Bonchev–Trinajstić information content (AvgIpc) is 3.19. The van der Waals surface area contributed by atoms with E-state index in [-0.39, 0.29) is 0 Å². The number of nitrogens with zero attached hydrogens (tertiary/aromatic N) is 5. The van der Waals surface area contributed by atoms with Crippen LogP contribution in [0.4, 0.5) is 5.69 Å². The number of anilines is 1. The largest absolute Gasteiger partial charge is 0.379 e. The molecule has 6 nitrogen and oxygen atoms in total. The fraction of sp³-hybridized carbons (Fsp3) is 0.0909. The van der Waals surface area contributed by atoms with Crippen molar-refractivity contribution in [1.29, 1.82) is 0 Å². The zero-order chi connectivity index (χ0) is 19.8. The first-order valence-electron chi connectivity index (χ1n) is 9.25. The van der Waals surface area contributed by atoms with Gasteiger partial charge in [0.2, 0.25) is 0 Å². The Morgan fingerprint density at radius 1 is 1.00 bits per heavy atom. The quantitative estimate of drug-likeness (QED) is 0.464. The maximum atomic E-state index is 6.44. The van der Waals surface area contributed by atoms with Gasteiger partial charge in [0, 0.05) is 17.4 Å². The van der Waals surface area contributed by atoms with Crippen molar-refractivity contribution in [3.05, 3.63) is 83.3 Å². The van der Waals surface area contributed by atoms with E-state index >= 15 is 0 Å². The van der Waals surface area contributed by atoms with E-state index in [9.17, 15) is 0 Å². The first kappa shape index (κ1) is 17.6. The fourth-order valence-electron chi connectivity index (χ4n) is 3.40. The Bertz CT molecular complexity index is 1330. The molecule has 5 aromatic rings. The molecule has 0 unspecified atom stereocenters. The van der Waals surface area contributed by atoms with E-state index in [1.54, 1.807) is 6.20 Å². The van der Waals surface area contributed by atoms with E-state index in [0.717, 1.165) is 33.7 Å². The molecule has 0 spiro atoms. The van der Waals surface area contributed by atoms with Crippen LogP contribution in [0.1, 0.15) is 11.4 Å². The number of pyridine rings is 1. The van der Waals surface area contributed by atoms with Gasteiger partial charge in [0.05, 0.1) is 34.0 Å². The molecule has 0 radical (unpaired) electrons. The molecule has 2 aromatic carbocycles. The summed E-state index contributed by atoms with van der Waals surface area (Å²) in [5.41, 5.74) is 6.09. The molecule has 0 aliphatic heterocycles. The van der Waals surface area contributed by atoms with E-state index in [2.05, 4.69) is 26.6 Å². The van der Waals surface area contributed by atoms with Crippen molar-refractivity contribution in [2.45, 2.75) is 13.5 Å². The van der Waals surface area contributed by atoms with Gasteiger partial charge in [0.25, 0.3) is 0 Å². The lowest BCUT2D eigenvalue weighted by molar-refractivity contribution is 1.05. The maximum Gasteiger partial charge on any atom is 0.183 e. The van der Waals surface area contributed by atoms with E-state index < -0.39 is 0 Å². The van der Waals surface area contributed by atoms with Crippen LogP contribution in [-0.4, -0.2) is 24.6 Å². The van der Waals surface area contributed by atoms with Crippen LogP contribution in [0.2, 0.25) is 5.02 Å². The Kier molecular flexibility index (Phi) is 4.33. The summed E-state index contributed by atoms with van der Waals surface area (Å²) in [5.74, 6) is 0.697. The minimum atomic E-state index is 0.633. The van der Waals surface area contributed by atoms with Crippen LogP contribution in [0.3, 0.4) is 0 Å². The summed E-state index contributed by atoms with van der Waals surface area (Å²) in [7, 11) is 0. The summed E-state index contributed by atoms with van der Waals surface area (Å²) in [6.45, 7) is 2.57. The Labute approximate surface area is 172 Å². The highest BCUT2D eigenvalue weighted by Crippen LogP contribution is 2.30. The summed E-state index contributed by atoms with van der Waals surface area (Å²) >= 11 is 6.44. The molecule has 0 saturated heterocycles. The molecule has 5 rings (SSSR count). The molecular formula is C22H17ClN6. The van der Waals surface area contributed by atoms with Crippen molar-refractivity contribution < 1.29 is 0 Å². The molecule has 3 aromatic heterocycles. The van der Waals surface area contributed by atoms with Crippen LogP contribution in [-0.2, 0) is 6.54 Å². The van der Waals surface area contributed by atoms with Crippen LogP contribution in [0.15, 0.2) is 66.9 Å². The van der Waals surface area contributed by atoms with Gasteiger partial charge in [-0.1, -0.05) is 29.8 Å². The van der Waals surface area contributed by atoms with Crippen LogP contribution >= 0.6 is 11.6 Å². The fourth-order valence-corrected chi connectivity index (χ4v) is 3.62. The lowest BCUT2D eigenvalue weighted by Gasteiger charge is -2.11. The maximum absolute atomic E-state index is 6.44. The molecule has 0 aliphatic rings. The topological polar surface area (TPSA) is 68.0 Å². The molecule has 1 N–H and O–H groups in total. The van der Waals surface area contributed by atoms with E-state index in [0.29, 0.717) is 23.0 Å². The second kappa shape index (κ2) is 7.14. The van der Waals surface area contributed by atoms with Crippen molar-refractivity contribution in [3.8, 4) is 11.4 Å². The Hall–Kier alpha value is -3.51. The summed E-state index contributed by atoms with van der Waals surface area (Å²) in [4.78, 5) is 9.05. The van der Waals surface area contributed by atoms with Crippen molar-refractivity contribution in [2.75, 3.05) is 5.32 Å². The molecule has 3 heterocycles. The first-order chi connectivity index (χ1) is 14.2. The van der Waals surface area contributed by atoms with Gasteiger partial charge in [-0.05, 0) is 49.4 Å². The lowest BCUT2D eigenvalue weighted by Crippen LogP contribution is -2.03. The molecular weight excluding hydrogens is 384 g/mol. The van der Waals surface area contributed by atoms with Gasteiger partial charge in [-0.25, -0.2) is 4.98 Å². The van der Waals surface area contributed by atoms with Gasteiger partial charge in [-0.3, -0.25) is 9.38 Å². The number of nitrogens with one attached hydrogen (secondary N) is 1. The second-order valence-electron chi connectivity index (χ2n) is 6.74. The molecule has 0 fully saturated rings. The average molecular weight is 401 g/mol. The van der Waals surface area contributed by atoms with Crippen LogP contribution in [0.25, 0.3) is 28.1 Å².